The van der Waals surface area contributed by atoms with Crippen LogP contribution in [0.15, 0.2) is 71.0 Å². The topological polar surface area (TPSA) is 29.5 Å². The Morgan fingerprint density at radius 2 is 1.51 bits per heavy atom. The molecule has 0 saturated heterocycles. The molecule has 0 fully saturated rings. The number of rotatable bonds is 14. The number of aromatic nitrogens is 1. The molecule has 0 N–H and O–H groups in total. The molecule has 0 atom stereocenters. The molecule has 0 spiro atoms. The number of anilines is 1. The summed E-state index contributed by atoms with van der Waals surface area (Å²) in [6.07, 6.45) is 18.8. The highest BCUT2D eigenvalue weighted by Gasteiger charge is 2.25. The number of allylic oxidation sites excluding steroid dienone is 2. The zero-order valence-electron chi connectivity index (χ0n) is 21.5. The van der Waals surface area contributed by atoms with Gasteiger partial charge in [0.15, 0.2) is 12.3 Å². The summed E-state index contributed by atoms with van der Waals surface area (Å²) in [5, 5.41) is 0. The Morgan fingerprint density at radius 3 is 2.34 bits per heavy atom. The molecule has 0 unspecified atom stereocenters. The molecular weight excluding hydrogens is 432 g/mol. The minimum atomic E-state index is 0.889. The Bertz CT molecular complexity index is 1130. The molecule has 0 aliphatic carbocycles. The fourth-order valence-electron chi connectivity index (χ4n) is 4.77. The average Bonchev–Trinajstić information content (AvgIpc) is 3.41. The lowest BCUT2D eigenvalue weighted by molar-refractivity contribution is -0.678. The molecule has 1 aliphatic heterocycles. The van der Waals surface area contributed by atoms with Gasteiger partial charge in [-0.25, -0.2) is 0 Å². The van der Waals surface area contributed by atoms with Crippen LogP contribution in [-0.4, -0.2) is 6.54 Å². The quantitative estimate of drug-likeness (QED) is 0.174. The Hall–Kier alpha value is -3.01. The number of para-hydroxylation sites is 4. The number of nitrogens with zero attached hydrogens (tertiary/aromatic N) is 2. The minimum absolute atomic E-state index is 0.889. The normalized spacial score (nSPS) is 14.3. The maximum Gasteiger partial charge on any atom is 0.374 e. The fourth-order valence-corrected chi connectivity index (χ4v) is 4.77. The standard InChI is InChI=1S/C31H41N2O2/c1-3-5-7-9-15-24-32-26-18-11-13-20-28(26)34-30(32)22-17-23-31-33(25-16-10-8-6-4-2)27-19-12-14-21-29(27)35-31/h11-14,17-23H,3-10,15-16,24-25H2,1-2H3/q+1. The van der Waals surface area contributed by atoms with Gasteiger partial charge in [-0.1, -0.05) is 83.1 Å². The van der Waals surface area contributed by atoms with Crippen LogP contribution in [0.3, 0.4) is 0 Å². The fraction of sp³-hybridized carbons (Fsp3) is 0.452. The zero-order chi connectivity index (χ0) is 24.3. The number of benzene rings is 2. The van der Waals surface area contributed by atoms with E-state index < -0.39 is 0 Å². The first-order chi connectivity index (χ1) is 17.3. The van der Waals surface area contributed by atoms with Crippen molar-refractivity contribution < 1.29 is 13.7 Å². The van der Waals surface area contributed by atoms with Crippen LogP contribution < -0.4 is 14.2 Å². The molecule has 1 aliphatic rings. The highest BCUT2D eigenvalue weighted by atomic mass is 16.5. The van der Waals surface area contributed by atoms with Crippen LogP contribution >= 0.6 is 0 Å². The van der Waals surface area contributed by atoms with E-state index in [-0.39, 0.29) is 0 Å². The monoisotopic (exact) mass is 473 g/mol. The van der Waals surface area contributed by atoms with Gasteiger partial charge in [-0.2, -0.15) is 4.57 Å². The van der Waals surface area contributed by atoms with Crippen LogP contribution in [0.5, 0.6) is 5.75 Å². The van der Waals surface area contributed by atoms with Gasteiger partial charge in [0.2, 0.25) is 11.5 Å². The van der Waals surface area contributed by atoms with Gasteiger partial charge in [-0.3, -0.25) is 0 Å². The smallest absolute Gasteiger partial charge is 0.374 e. The van der Waals surface area contributed by atoms with E-state index >= 15 is 0 Å². The van der Waals surface area contributed by atoms with Crippen LogP contribution in [0, 0.1) is 0 Å². The third-order valence-corrected chi connectivity index (χ3v) is 6.72. The Balaban J connectivity index is 1.49. The second-order valence-corrected chi connectivity index (χ2v) is 9.47. The maximum atomic E-state index is 6.23. The van der Waals surface area contributed by atoms with Crippen LogP contribution in [0.25, 0.3) is 17.2 Å². The molecule has 4 nitrogen and oxygen atoms in total. The Kier molecular flexibility index (Phi) is 9.45. The lowest BCUT2D eigenvalue weighted by Crippen LogP contribution is -2.35. The molecule has 0 saturated carbocycles. The number of hydrogen-bond donors (Lipinski definition) is 0. The van der Waals surface area contributed by atoms with E-state index in [4.69, 9.17) is 9.15 Å². The van der Waals surface area contributed by atoms with Crippen LogP contribution in [0.2, 0.25) is 0 Å². The number of ether oxygens (including phenoxy) is 1. The van der Waals surface area contributed by atoms with Crippen LogP contribution in [0.1, 0.15) is 83.9 Å². The van der Waals surface area contributed by atoms with Gasteiger partial charge in [0.25, 0.3) is 5.52 Å². The van der Waals surface area contributed by atoms with Crippen molar-refractivity contribution in [2.75, 3.05) is 11.4 Å². The van der Waals surface area contributed by atoms with Crippen molar-refractivity contribution in [1.82, 2.24) is 0 Å². The number of fused-ring (bicyclic) bond motifs is 2. The van der Waals surface area contributed by atoms with E-state index in [9.17, 15) is 0 Å². The van der Waals surface area contributed by atoms with E-state index in [1.165, 1.54) is 64.2 Å². The van der Waals surface area contributed by atoms with Gasteiger partial charge < -0.3 is 14.1 Å². The second kappa shape index (κ2) is 13.2. The molecule has 0 radical (unpaired) electrons. The van der Waals surface area contributed by atoms with Crippen molar-refractivity contribution >= 4 is 22.9 Å². The summed E-state index contributed by atoms with van der Waals surface area (Å²) < 4.78 is 14.8. The van der Waals surface area contributed by atoms with Crippen molar-refractivity contribution in [3.8, 4) is 5.75 Å². The molecule has 1 aromatic heterocycles. The largest absolute Gasteiger partial charge is 0.439 e. The summed E-state index contributed by atoms with van der Waals surface area (Å²) in [4.78, 5) is 2.31. The van der Waals surface area contributed by atoms with Crippen molar-refractivity contribution in [3.05, 3.63) is 72.5 Å². The van der Waals surface area contributed by atoms with Crippen LogP contribution in [0.4, 0.5) is 5.69 Å². The van der Waals surface area contributed by atoms with Crippen molar-refractivity contribution in [1.29, 1.82) is 0 Å². The summed E-state index contributed by atoms with van der Waals surface area (Å²) in [6, 6.07) is 16.6. The van der Waals surface area contributed by atoms with Gasteiger partial charge in [0, 0.05) is 19.0 Å². The molecule has 3 aromatic rings. The molecular formula is C31H41N2O2+. The first kappa shape index (κ1) is 25.1. The Morgan fingerprint density at radius 1 is 0.800 bits per heavy atom. The zero-order valence-corrected chi connectivity index (χ0v) is 21.5. The summed E-state index contributed by atoms with van der Waals surface area (Å²) in [7, 11) is 0. The van der Waals surface area contributed by atoms with E-state index in [1.807, 2.05) is 12.1 Å². The number of oxazole rings is 1. The average molecular weight is 474 g/mol. The molecule has 186 valence electrons. The molecule has 35 heavy (non-hydrogen) atoms. The van der Waals surface area contributed by atoms with Gasteiger partial charge in [-0.15, -0.1) is 0 Å². The lowest BCUT2D eigenvalue weighted by Gasteiger charge is -2.18. The molecule has 2 aromatic carbocycles. The van der Waals surface area contributed by atoms with E-state index in [2.05, 4.69) is 77.9 Å². The highest BCUT2D eigenvalue weighted by molar-refractivity contribution is 5.70. The number of aryl methyl sites for hydroxylation is 1. The van der Waals surface area contributed by atoms with E-state index in [0.717, 1.165) is 47.4 Å². The van der Waals surface area contributed by atoms with Crippen LogP contribution in [-0.2, 0) is 6.54 Å². The van der Waals surface area contributed by atoms with Gasteiger partial charge in [0.1, 0.15) is 0 Å². The predicted octanol–water partition coefficient (Wildman–Crippen LogP) is 8.41. The first-order valence-electron chi connectivity index (χ1n) is 13.7. The lowest BCUT2D eigenvalue weighted by atomic mass is 10.1. The van der Waals surface area contributed by atoms with E-state index in [0.29, 0.717) is 0 Å². The first-order valence-corrected chi connectivity index (χ1v) is 13.7. The predicted molar refractivity (Wildman–Crippen MR) is 145 cm³/mol. The minimum Gasteiger partial charge on any atom is -0.439 e. The SMILES string of the molecule is CCCCCCCN1C(=CC=Cc2oc3ccccc3[n+]2CCCCCCC)Oc2ccccc21. The molecule has 0 amide bonds. The third-order valence-electron chi connectivity index (χ3n) is 6.72. The second-order valence-electron chi connectivity index (χ2n) is 9.47. The Labute approximate surface area is 210 Å². The summed E-state index contributed by atoms with van der Waals surface area (Å²) >= 11 is 0. The third kappa shape index (κ3) is 6.56. The summed E-state index contributed by atoms with van der Waals surface area (Å²) in [5.41, 5.74) is 3.26. The van der Waals surface area contributed by atoms with Crippen molar-refractivity contribution in [3.63, 3.8) is 0 Å². The van der Waals surface area contributed by atoms with Gasteiger partial charge in [0.05, 0.1) is 11.8 Å². The van der Waals surface area contributed by atoms with Gasteiger partial charge >= 0.3 is 5.89 Å². The maximum absolute atomic E-state index is 6.23. The molecule has 4 rings (SSSR count). The number of hydrogen-bond acceptors (Lipinski definition) is 3. The summed E-state index contributed by atoms with van der Waals surface area (Å²) in [5.74, 6) is 2.71. The molecule has 4 heteroatoms. The molecule has 0 bridgehead atoms. The summed E-state index contributed by atoms with van der Waals surface area (Å²) in [6.45, 7) is 6.47. The number of unbranched alkanes of at least 4 members (excludes halogenated alkanes) is 8. The highest BCUT2D eigenvalue weighted by Crippen LogP contribution is 2.38. The molecule has 2 heterocycles. The van der Waals surface area contributed by atoms with Crippen molar-refractivity contribution in [2.45, 2.75) is 84.6 Å². The van der Waals surface area contributed by atoms with Crippen molar-refractivity contribution in [2.24, 2.45) is 0 Å². The van der Waals surface area contributed by atoms with E-state index in [1.54, 1.807) is 0 Å². The van der Waals surface area contributed by atoms with Gasteiger partial charge in [-0.05, 0) is 43.2 Å².